The number of pyridine rings is 1. The molecule has 0 amide bonds. The van der Waals surface area contributed by atoms with Crippen LogP contribution in [0.1, 0.15) is 0 Å². The Morgan fingerprint density at radius 3 is 2.74 bits per heavy atom. The second kappa shape index (κ2) is 5.13. The number of fused-ring (bicyclic) bond motifs is 1. The summed E-state index contributed by atoms with van der Waals surface area (Å²) in [5.74, 6) is -0.310. The topological polar surface area (TPSA) is 69.6 Å². The number of anilines is 1. The van der Waals surface area contributed by atoms with Crippen LogP contribution in [-0.2, 0) is 7.05 Å². The largest absolute Gasteiger partial charge is 0.375 e. The first-order valence-corrected chi connectivity index (χ1v) is 7.75. The van der Waals surface area contributed by atoms with Gasteiger partial charge in [-0.05, 0) is 24.3 Å². The summed E-state index contributed by atoms with van der Waals surface area (Å²) in [6, 6.07) is 10.3. The molecule has 4 aromatic rings. The maximum atomic E-state index is 14.1. The van der Waals surface area contributed by atoms with Crippen molar-refractivity contribution in [1.82, 2.24) is 19.7 Å². The minimum Gasteiger partial charge on any atom is -0.375 e. The van der Waals surface area contributed by atoms with Crippen molar-refractivity contribution < 1.29 is 4.39 Å². The van der Waals surface area contributed by atoms with Crippen molar-refractivity contribution in [1.29, 1.82) is 0 Å². The lowest BCUT2D eigenvalue weighted by molar-refractivity contribution is 0.630. The first-order chi connectivity index (χ1) is 11.1. The van der Waals surface area contributed by atoms with E-state index in [0.29, 0.717) is 22.1 Å². The van der Waals surface area contributed by atoms with E-state index in [9.17, 15) is 4.39 Å². The third-order valence-electron chi connectivity index (χ3n) is 3.51. The molecule has 0 atom stereocenters. The number of halogens is 1. The van der Waals surface area contributed by atoms with E-state index in [0.717, 1.165) is 15.9 Å². The third kappa shape index (κ3) is 2.35. The van der Waals surface area contributed by atoms with E-state index in [4.69, 9.17) is 5.73 Å². The van der Waals surface area contributed by atoms with Gasteiger partial charge in [-0.15, -0.1) is 0 Å². The van der Waals surface area contributed by atoms with Gasteiger partial charge in [0.15, 0.2) is 5.13 Å². The van der Waals surface area contributed by atoms with Crippen LogP contribution < -0.4 is 5.73 Å². The van der Waals surface area contributed by atoms with Crippen LogP contribution in [0.2, 0.25) is 0 Å². The Morgan fingerprint density at radius 2 is 1.91 bits per heavy atom. The molecule has 0 radical (unpaired) electrons. The zero-order valence-corrected chi connectivity index (χ0v) is 13.0. The SMILES string of the molecule is Cn1cc(-c2ccc3nc(N)sc3n2)c(-c2ccccc2F)n1. The molecule has 5 nitrogen and oxygen atoms in total. The molecule has 0 saturated heterocycles. The predicted molar refractivity (Wildman–Crippen MR) is 89.4 cm³/mol. The Hall–Kier alpha value is -2.80. The molecular weight excluding hydrogens is 313 g/mol. The van der Waals surface area contributed by atoms with Crippen molar-refractivity contribution in [2.75, 3.05) is 5.73 Å². The Labute approximate surface area is 135 Å². The molecule has 0 fully saturated rings. The summed E-state index contributed by atoms with van der Waals surface area (Å²) in [4.78, 5) is 9.55. The molecule has 4 rings (SSSR count). The van der Waals surface area contributed by atoms with Gasteiger partial charge in [-0.3, -0.25) is 4.68 Å². The first-order valence-electron chi connectivity index (χ1n) is 6.94. The highest BCUT2D eigenvalue weighted by molar-refractivity contribution is 7.21. The Bertz CT molecular complexity index is 1020. The lowest BCUT2D eigenvalue weighted by atomic mass is 10.1. The van der Waals surface area contributed by atoms with E-state index in [-0.39, 0.29) is 5.82 Å². The molecule has 3 aromatic heterocycles. The highest BCUT2D eigenvalue weighted by Crippen LogP contribution is 2.33. The average molecular weight is 325 g/mol. The van der Waals surface area contributed by atoms with Gasteiger partial charge in [0.05, 0.1) is 5.69 Å². The number of nitrogen functional groups attached to an aromatic ring is 1. The van der Waals surface area contributed by atoms with Crippen LogP contribution in [0, 0.1) is 5.82 Å². The molecule has 0 aliphatic carbocycles. The number of thiazole rings is 1. The fraction of sp³-hybridized carbons (Fsp3) is 0.0625. The fourth-order valence-corrected chi connectivity index (χ4v) is 3.22. The summed E-state index contributed by atoms with van der Waals surface area (Å²) in [6.45, 7) is 0. The summed E-state index contributed by atoms with van der Waals surface area (Å²) in [5, 5.41) is 4.88. The molecule has 1 aromatic carbocycles. The lowest BCUT2D eigenvalue weighted by Gasteiger charge is -2.03. The molecule has 23 heavy (non-hydrogen) atoms. The van der Waals surface area contributed by atoms with Gasteiger partial charge in [-0.1, -0.05) is 23.5 Å². The number of aromatic nitrogens is 4. The van der Waals surface area contributed by atoms with Gasteiger partial charge < -0.3 is 5.73 Å². The van der Waals surface area contributed by atoms with Crippen LogP contribution in [0.3, 0.4) is 0 Å². The Kier molecular flexibility index (Phi) is 3.09. The van der Waals surface area contributed by atoms with Crippen molar-refractivity contribution in [2.24, 2.45) is 7.05 Å². The van der Waals surface area contributed by atoms with E-state index < -0.39 is 0 Å². The van der Waals surface area contributed by atoms with Crippen molar-refractivity contribution in [2.45, 2.75) is 0 Å². The van der Waals surface area contributed by atoms with Crippen LogP contribution in [0.15, 0.2) is 42.6 Å². The summed E-state index contributed by atoms with van der Waals surface area (Å²) in [5.41, 5.74) is 8.99. The van der Waals surface area contributed by atoms with Gasteiger partial charge in [0.1, 0.15) is 21.9 Å². The monoisotopic (exact) mass is 325 g/mol. The van der Waals surface area contributed by atoms with E-state index in [1.165, 1.54) is 17.4 Å². The molecule has 0 saturated carbocycles. The third-order valence-corrected chi connectivity index (χ3v) is 4.30. The van der Waals surface area contributed by atoms with Crippen molar-refractivity contribution >= 4 is 26.8 Å². The Balaban J connectivity index is 1.93. The minimum atomic E-state index is -0.310. The van der Waals surface area contributed by atoms with Crippen LogP contribution in [0.4, 0.5) is 9.52 Å². The number of rotatable bonds is 2. The van der Waals surface area contributed by atoms with Crippen molar-refractivity contribution in [3.05, 3.63) is 48.4 Å². The second-order valence-corrected chi connectivity index (χ2v) is 6.13. The molecule has 0 aliphatic heterocycles. The summed E-state index contributed by atoms with van der Waals surface area (Å²) in [6.07, 6.45) is 1.83. The minimum absolute atomic E-state index is 0.310. The fourth-order valence-electron chi connectivity index (χ4n) is 2.51. The first kappa shape index (κ1) is 13.8. The molecule has 7 heteroatoms. The zero-order chi connectivity index (χ0) is 16.0. The van der Waals surface area contributed by atoms with Gasteiger partial charge in [0.25, 0.3) is 0 Å². The molecule has 0 bridgehead atoms. The van der Waals surface area contributed by atoms with Gasteiger partial charge in [-0.2, -0.15) is 5.10 Å². The van der Waals surface area contributed by atoms with E-state index >= 15 is 0 Å². The molecule has 2 N–H and O–H groups in total. The van der Waals surface area contributed by atoms with Crippen LogP contribution >= 0.6 is 11.3 Å². The number of nitrogens with two attached hydrogens (primary N) is 1. The number of hydrogen-bond acceptors (Lipinski definition) is 5. The van der Waals surface area contributed by atoms with Crippen molar-refractivity contribution in [3.63, 3.8) is 0 Å². The van der Waals surface area contributed by atoms with Gasteiger partial charge in [-0.25, -0.2) is 14.4 Å². The van der Waals surface area contributed by atoms with Crippen LogP contribution in [0.5, 0.6) is 0 Å². The normalized spacial score (nSPS) is 11.2. The predicted octanol–water partition coefficient (Wildman–Crippen LogP) is 3.48. The quantitative estimate of drug-likeness (QED) is 0.612. The summed E-state index contributed by atoms with van der Waals surface area (Å²) < 4.78 is 15.8. The van der Waals surface area contributed by atoms with Crippen LogP contribution in [0.25, 0.3) is 32.9 Å². The molecule has 0 spiro atoms. The van der Waals surface area contributed by atoms with Gasteiger partial charge in [0, 0.05) is 24.4 Å². The number of aryl methyl sites for hydroxylation is 1. The summed E-state index contributed by atoms with van der Waals surface area (Å²) >= 11 is 1.33. The van der Waals surface area contributed by atoms with E-state index in [2.05, 4.69) is 15.1 Å². The maximum Gasteiger partial charge on any atom is 0.182 e. The van der Waals surface area contributed by atoms with E-state index in [1.54, 1.807) is 29.9 Å². The molecular formula is C16H12FN5S. The summed E-state index contributed by atoms with van der Waals surface area (Å²) in [7, 11) is 1.80. The van der Waals surface area contributed by atoms with E-state index in [1.807, 2.05) is 18.3 Å². The lowest BCUT2D eigenvalue weighted by Crippen LogP contribution is -1.90. The standard InChI is InChI=1S/C16H12FN5S/c1-22-8-10(14(21-22)9-4-2-3-5-11(9)17)12-6-7-13-15(19-12)23-16(18)20-13/h2-8H,1H3,(H2,18,20). The molecule has 3 heterocycles. The smallest absolute Gasteiger partial charge is 0.182 e. The molecule has 114 valence electrons. The number of nitrogens with zero attached hydrogens (tertiary/aromatic N) is 4. The number of benzene rings is 1. The van der Waals surface area contributed by atoms with Crippen LogP contribution in [-0.4, -0.2) is 19.7 Å². The molecule has 0 aliphatic rings. The van der Waals surface area contributed by atoms with Gasteiger partial charge in [0.2, 0.25) is 0 Å². The van der Waals surface area contributed by atoms with Gasteiger partial charge >= 0.3 is 0 Å². The zero-order valence-electron chi connectivity index (χ0n) is 12.2. The maximum absolute atomic E-state index is 14.1. The highest BCUT2D eigenvalue weighted by atomic mass is 32.1. The molecule has 0 unspecified atom stereocenters. The van der Waals surface area contributed by atoms with Crippen molar-refractivity contribution in [3.8, 4) is 22.5 Å². The highest BCUT2D eigenvalue weighted by Gasteiger charge is 2.17. The Morgan fingerprint density at radius 1 is 1.09 bits per heavy atom. The second-order valence-electron chi connectivity index (χ2n) is 5.12. The number of hydrogen-bond donors (Lipinski definition) is 1. The average Bonchev–Trinajstić information content (AvgIpc) is 3.08.